The normalized spacial score (nSPS) is 10.1. The Balaban J connectivity index is 2.25. The van der Waals surface area contributed by atoms with Gasteiger partial charge in [0.15, 0.2) is 0 Å². The number of carbonyl (C=O) groups is 1. The minimum absolute atomic E-state index is 0.0584. The van der Waals surface area contributed by atoms with E-state index in [2.05, 4.69) is 4.98 Å². The monoisotopic (exact) mass is 290 g/mol. The summed E-state index contributed by atoms with van der Waals surface area (Å²) in [7, 11) is 1.60. The van der Waals surface area contributed by atoms with Crippen molar-refractivity contribution in [1.82, 2.24) is 4.98 Å². The molecule has 20 heavy (non-hydrogen) atoms. The maximum absolute atomic E-state index is 12.0. The third-order valence-electron chi connectivity index (χ3n) is 2.89. The van der Waals surface area contributed by atoms with Gasteiger partial charge in [-0.3, -0.25) is 9.78 Å². The molecule has 1 amide bonds. The number of anilines is 1. The first-order valence-electron chi connectivity index (χ1n) is 6.14. The molecular weight excluding hydrogens is 276 g/mol. The number of hydrogen-bond donors (Lipinski definition) is 0. The quantitative estimate of drug-likeness (QED) is 0.795. The van der Waals surface area contributed by atoms with E-state index in [-0.39, 0.29) is 11.8 Å². The maximum atomic E-state index is 12.0. The van der Waals surface area contributed by atoms with Crippen molar-refractivity contribution in [3.8, 4) is 5.75 Å². The number of carbonyl (C=O) groups excluding carboxylic acids is 1. The van der Waals surface area contributed by atoms with Crippen LogP contribution in [0.15, 0.2) is 48.8 Å². The summed E-state index contributed by atoms with van der Waals surface area (Å²) in [6.07, 6.45) is 3.40. The van der Waals surface area contributed by atoms with E-state index in [0.29, 0.717) is 6.54 Å². The first kappa shape index (κ1) is 14.3. The van der Waals surface area contributed by atoms with E-state index in [1.165, 1.54) is 0 Å². The molecule has 0 radical (unpaired) electrons. The third kappa shape index (κ3) is 3.48. The molecule has 1 aromatic heterocycles. The Kier molecular flexibility index (Phi) is 4.96. The van der Waals surface area contributed by atoms with Gasteiger partial charge in [-0.15, -0.1) is 11.6 Å². The van der Waals surface area contributed by atoms with E-state index in [1.54, 1.807) is 24.4 Å². The zero-order chi connectivity index (χ0) is 14.4. The predicted molar refractivity (Wildman–Crippen MR) is 79.1 cm³/mol. The Labute approximate surface area is 123 Å². The van der Waals surface area contributed by atoms with Gasteiger partial charge in [0.1, 0.15) is 11.6 Å². The van der Waals surface area contributed by atoms with Crippen molar-refractivity contribution in [3.63, 3.8) is 0 Å². The van der Waals surface area contributed by atoms with Gasteiger partial charge in [0.25, 0.3) is 0 Å². The van der Waals surface area contributed by atoms with Crippen molar-refractivity contribution in [2.75, 3.05) is 17.9 Å². The lowest BCUT2D eigenvalue weighted by atomic mass is 10.2. The van der Waals surface area contributed by atoms with E-state index in [9.17, 15) is 4.79 Å². The van der Waals surface area contributed by atoms with Crippen LogP contribution < -0.4 is 9.64 Å². The fourth-order valence-corrected chi connectivity index (χ4v) is 1.97. The van der Waals surface area contributed by atoms with E-state index < -0.39 is 0 Å². The summed E-state index contributed by atoms with van der Waals surface area (Å²) in [5, 5.41) is 0. The first-order valence-corrected chi connectivity index (χ1v) is 6.67. The number of rotatable bonds is 5. The molecule has 0 aliphatic rings. The molecule has 1 aromatic carbocycles. The minimum atomic E-state index is -0.145. The van der Waals surface area contributed by atoms with Crippen LogP contribution in [0, 0.1) is 0 Å². The number of benzene rings is 1. The second-order valence-electron chi connectivity index (χ2n) is 4.17. The van der Waals surface area contributed by atoms with Crippen molar-refractivity contribution in [1.29, 1.82) is 0 Å². The van der Waals surface area contributed by atoms with Crippen molar-refractivity contribution >= 4 is 23.2 Å². The number of amides is 1. The zero-order valence-electron chi connectivity index (χ0n) is 11.1. The Morgan fingerprint density at radius 1 is 1.20 bits per heavy atom. The average Bonchev–Trinajstić information content (AvgIpc) is 2.53. The van der Waals surface area contributed by atoms with Gasteiger partial charge in [-0.2, -0.15) is 0 Å². The summed E-state index contributed by atoms with van der Waals surface area (Å²) in [6, 6.07) is 11.1. The van der Waals surface area contributed by atoms with Gasteiger partial charge >= 0.3 is 0 Å². The number of pyridine rings is 1. The van der Waals surface area contributed by atoms with Crippen LogP contribution in [0.3, 0.4) is 0 Å². The topological polar surface area (TPSA) is 42.4 Å². The molecule has 5 heteroatoms. The largest absolute Gasteiger partial charge is 0.497 e. The number of hydrogen-bond acceptors (Lipinski definition) is 3. The van der Waals surface area contributed by atoms with Crippen LogP contribution >= 0.6 is 11.6 Å². The molecule has 0 unspecified atom stereocenters. The summed E-state index contributed by atoms with van der Waals surface area (Å²) < 4.78 is 5.12. The highest BCUT2D eigenvalue weighted by molar-refractivity contribution is 6.29. The summed E-state index contributed by atoms with van der Waals surface area (Å²) in [6.45, 7) is 0.459. The van der Waals surface area contributed by atoms with Gasteiger partial charge < -0.3 is 9.64 Å². The van der Waals surface area contributed by atoms with Crippen molar-refractivity contribution in [2.45, 2.75) is 6.54 Å². The SMILES string of the molecule is COc1ccc(N(Cc2ccncc2)C(=O)CCl)cc1. The number of methoxy groups -OCH3 is 1. The standard InChI is InChI=1S/C15H15ClN2O2/c1-20-14-4-2-13(3-5-14)18(15(19)10-16)11-12-6-8-17-9-7-12/h2-9H,10-11H2,1H3. The molecule has 104 valence electrons. The molecule has 2 rings (SSSR count). The number of alkyl halides is 1. The molecule has 0 saturated carbocycles. The maximum Gasteiger partial charge on any atom is 0.242 e. The van der Waals surface area contributed by atoms with E-state index in [0.717, 1.165) is 17.0 Å². The third-order valence-corrected chi connectivity index (χ3v) is 3.12. The lowest BCUT2D eigenvalue weighted by molar-refractivity contribution is -0.116. The van der Waals surface area contributed by atoms with Gasteiger partial charge in [-0.25, -0.2) is 0 Å². The number of halogens is 1. The van der Waals surface area contributed by atoms with Crippen LogP contribution in [-0.2, 0) is 11.3 Å². The van der Waals surface area contributed by atoms with Gasteiger partial charge in [-0.1, -0.05) is 0 Å². The summed E-state index contributed by atoms with van der Waals surface area (Å²) in [5.41, 5.74) is 1.78. The Hall–Kier alpha value is -2.07. The van der Waals surface area contributed by atoms with Crippen LogP contribution in [0.1, 0.15) is 5.56 Å². The number of aromatic nitrogens is 1. The Bertz CT molecular complexity index is 558. The average molecular weight is 291 g/mol. The Morgan fingerprint density at radius 3 is 2.40 bits per heavy atom. The fraction of sp³-hybridized carbons (Fsp3) is 0.200. The van der Waals surface area contributed by atoms with Crippen molar-refractivity contribution in [3.05, 3.63) is 54.4 Å². The molecule has 4 nitrogen and oxygen atoms in total. The Morgan fingerprint density at radius 2 is 1.85 bits per heavy atom. The fourth-order valence-electron chi connectivity index (χ4n) is 1.83. The van der Waals surface area contributed by atoms with E-state index >= 15 is 0 Å². The molecule has 1 heterocycles. The van der Waals surface area contributed by atoms with Crippen molar-refractivity contribution in [2.24, 2.45) is 0 Å². The van der Waals surface area contributed by atoms with E-state index in [4.69, 9.17) is 16.3 Å². The lowest BCUT2D eigenvalue weighted by Gasteiger charge is -2.22. The van der Waals surface area contributed by atoms with Crippen LogP contribution in [0.4, 0.5) is 5.69 Å². The summed E-state index contributed by atoms with van der Waals surface area (Å²) >= 11 is 5.69. The van der Waals surface area contributed by atoms with Crippen LogP contribution in [-0.4, -0.2) is 23.9 Å². The zero-order valence-corrected chi connectivity index (χ0v) is 11.9. The molecule has 0 saturated heterocycles. The van der Waals surface area contributed by atoms with Crippen LogP contribution in [0.2, 0.25) is 0 Å². The van der Waals surface area contributed by atoms with Gasteiger partial charge in [0.2, 0.25) is 5.91 Å². The highest BCUT2D eigenvalue weighted by Crippen LogP contribution is 2.21. The van der Waals surface area contributed by atoms with Gasteiger partial charge in [-0.05, 0) is 42.0 Å². The number of ether oxygens (including phenoxy) is 1. The molecule has 0 fully saturated rings. The highest BCUT2D eigenvalue weighted by atomic mass is 35.5. The second kappa shape index (κ2) is 6.91. The van der Waals surface area contributed by atoms with E-state index in [1.807, 2.05) is 36.4 Å². The molecule has 0 aliphatic carbocycles. The van der Waals surface area contributed by atoms with Gasteiger partial charge in [0, 0.05) is 18.1 Å². The first-order chi connectivity index (χ1) is 9.74. The smallest absolute Gasteiger partial charge is 0.242 e. The van der Waals surface area contributed by atoms with Crippen molar-refractivity contribution < 1.29 is 9.53 Å². The molecule has 0 spiro atoms. The predicted octanol–water partition coefficient (Wildman–Crippen LogP) is 2.86. The molecular formula is C15H15ClN2O2. The molecule has 0 atom stereocenters. The summed E-state index contributed by atoms with van der Waals surface area (Å²) in [4.78, 5) is 17.6. The van der Waals surface area contributed by atoms with Crippen LogP contribution in [0.25, 0.3) is 0 Å². The molecule has 2 aromatic rings. The minimum Gasteiger partial charge on any atom is -0.497 e. The molecule has 0 N–H and O–H groups in total. The number of nitrogens with zero attached hydrogens (tertiary/aromatic N) is 2. The van der Waals surface area contributed by atoms with Crippen LogP contribution in [0.5, 0.6) is 5.75 Å². The lowest BCUT2D eigenvalue weighted by Crippen LogP contribution is -2.31. The summed E-state index contributed by atoms with van der Waals surface area (Å²) in [5.74, 6) is 0.543. The molecule has 0 aliphatic heterocycles. The van der Waals surface area contributed by atoms with Gasteiger partial charge in [0.05, 0.1) is 13.7 Å². The molecule has 0 bridgehead atoms. The second-order valence-corrected chi connectivity index (χ2v) is 4.43. The highest BCUT2D eigenvalue weighted by Gasteiger charge is 2.15.